The lowest BCUT2D eigenvalue weighted by molar-refractivity contribution is 0.160. The molecule has 2 aromatic rings. The Labute approximate surface area is 130 Å². The molecule has 0 aliphatic carbocycles. The first kappa shape index (κ1) is 14.2. The van der Waals surface area contributed by atoms with Crippen LogP contribution in [0.25, 0.3) is 11.0 Å². The standard InChI is InChI=1S/C14H17BrFN3S/c1-8-7-18(2)4-3-12(8)19-13-6-10(16)9(15)5-11(13)17-14(19)20/h5-6,8,12H,3-4,7H2,1-2H3,(H,17,20). The molecule has 20 heavy (non-hydrogen) atoms. The largest absolute Gasteiger partial charge is 0.331 e. The summed E-state index contributed by atoms with van der Waals surface area (Å²) in [6, 6.07) is 3.65. The quantitative estimate of drug-likeness (QED) is 0.776. The van der Waals surface area contributed by atoms with E-state index in [9.17, 15) is 4.39 Å². The van der Waals surface area contributed by atoms with Crippen LogP contribution in [0.4, 0.5) is 4.39 Å². The first-order valence-electron chi connectivity index (χ1n) is 6.75. The van der Waals surface area contributed by atoms with Gasteiger partial charge in [-0.25, -0.2) is 4.39 Å². The highest BCUT2D eigenvalue weighted by molar-refractivity contribution is 9.10. The molecule has 6 heteroatoms. The van der Waals surface area contributed by atoms with Crippen molar-refractivity contribution in [3.63, 3.8) is 0 Å². The summed E-state index contributed by atoms with van der Waals surface area (Å²) in [6.07, 6.45) is 1.04. The van der Waals surface area contributed by atoms with Gasteiger partial charge in [0.25, 0.3) is 0 Å². The molecule has 0 radical (unpaired) electrons. The molecule has 3 nitrogen and oxygen atoms in total. The van der Waals surface area contributed by atoms with Gasteiger partial charge in [-0.05, 0) is 60.1 Å². The van der Waals surface area contributed by atoms with Crippen LogP contribution in [0.15, 0.2) is 16.6 Å². The third-order valence-corrected chi connectivity index (χ3v) is 5.06. The minimum atomic E-state index is -0.249. The van der Waals surface area contributed by atoms with Crippen LogP contribution >= 0.6 is 28.1 Å². The summed E-state index contributed by atoms with van der Waals surface area (Å²) in [4.78, 5) is 5.52. The van der Waals surface area contributed by atoms with E-state index in [2.05, 4.69) is 44.4 Å². The first-order valence-corrected chi connectivity index (χ1v) is 7.95. The molecule has 1 aromatic carbocycles. The molecule has 1 aliphatic rings. The number of aromatic amines is 1. The average Bonchev–Trinajstić information content (AvgIpc) is 2.66. The van der Waals surface area contributed by atoms with Crippen molar-refractivity contribution in [1.82, 2.24) is 14.5 Å². The molecule has 0 amide bonds. The van der Waals surface area contributed by atoms with Crippen LogP contribution in [-0.2, 0) is 0 Å². The van der Waals surface area contributed by atoms with Gasteiger partial charge >= 0.3 is 0 Å². The van der Waals surface area contributed by atoms with Crippen LogP contribution in [0.2, 0.25) is 0 Å². The average molecular weight is 358 g/mol. The minimum absolute atomic E-state index is 0.249. The molecule has 1 fully saturated rings. The van der Waals surface area contributed by atoms with Gasteiger partial charge in [-0.3, -0.25) is 0 Å². The molecule has 1 saturated heterocycles. The summed E-state index contributed by atoms with van der Waals surface area (Å²) in [7, 11) is 2.14. The van der Waals surface area contributed by atoms with E-state index in [0.29, 0.717) is 21.2 Å². The number of rotatable bonds is 1. The van der Waals surface area contributed by atoms with E-state index in [1.165, 1.54) is 0 Å². The number of nitrogens with zero attached hydrogens (tertiary/aromatic N) is 2. The van der Waals surface area contributed by atoms with Gasteiger partial charge in [-0.2, -0.15) is 0 Å². The molecule has 1 N–H and O–H groups in total. The molecular weight excluding hydrogens is 341 g/mol. The molecule has 2 unspecified atom stereocenters. The lowest BCUT2D eigenvalue weighted by atomic mass is 9.94. The third kappa shape index (κ3) is 2.34. The van der Waals surface area contributed by atoms with E-state index in [-0.39, 0.29) is 5.82 Å². The highest BCUT2D eigenvalue weighted by atomic mass is 79.9. The molecule has 0 bridgehead atoms. The van der Waals surface area contributed by atoms with Crippen molar-refractivity contribution in [2.75, 3.05) is 20.1 Å². The topological polar surface area (TPSA) is 24.0 Å². The summed E-state index contributed by atoms with van der Waals surface area (Å²) >= 11 is 8.68. The molecule has 1 aliphatic heterocycles. The predicted molar refractivity (Wildman–Crippen MR) is 85.1 cm³/mol. The molecule has 108 valence electrons. The Morgan fingerprint density at radius 2 is 2.20 bits per heavy atom. The van der Waals surface area contributed by atoms with Crippen LogP contribution in [-0.4, -0.2) is 34.6 Å². The SMILES string of the molecule is CC1CN(C)CCC1n1c(=S)[nH]c2cc(Br)c(F)cc21. The van der Waals surface area contributed by atoms with Crippen molar-refractivity contribution in [3.8, 4) is 0 Å². The molecular formula is C14H17BrFN3S. The number of fused-ring (bicyclic) bond motifs is 1. The molecule has 2 heterocycles. The number of benzene rings is 1. The lowest BCUT2D eigenvalue weighted by Crippen LogP contribution is -2.37. The van der Waals surface area contributed by atoms with Crippen molar-refractivity contribution in [2.45, 2.75) is 19.4 Å². The number of likely N-dealkylation sites (tertiary alicyclic amines) is 1. The fraction of sp³-hybridized carbons (Fsp3) is 0.500. The van der Waals surface area contributed by atoms with Gasteiger partial charge in [-0.15, -0.1) is 0 Å². The summed E-state index contributed by atoms with van der Waals surface area (Å²) in [6.45, 7) is 4.32. The Morgan fingerprint density at radius 1 is 1.45 bits per heavy atom. The van der Waals surface area contributed by atoms with E-state index in [4.69, 9.17) is 12.2 Å². The second-order valence-electron chi connectivity index (χ2n) is 5.68. The maximum absolute atomic E-state index is 13.8. The first-order chi connectivity index (χ1) is 9.47. The zero-order valence-corrected chi connectivity index (χ0v) is 13.9. The zero-order valence-electron chi connectivity index (χ0n) is 11.5. The van der Waals surface area contributed by atoms with Crippen molar-refractivity contribution in [3.05, 3.63) is 27.2 Å². The Morgan fingerprint density at radius 3 is 2.90 bits per heavy atom. The second kappa shape index (κ2) is 5.24. The summed E-state index contributed by atoms with van der Waals surface area (Å²) in [5, 5.41) is 0. The number of halogens is 2. The summed E-state index contributed by atoms with van der Waals surface area (Å²) in [5.41, 5.74) is 1.74. The van der Waals surface area contributed by atoms with Gasteiger partial charge in [0, 0.05) is 18.7 Å². The highest BCUT2D eigenvalue weighted by Gasteiger charge is 2.27. The molecule has 0 saturated carbocycles. The lowest BCUT2D eigenvalue weighted by Gasteiger charge is -2.35. The number of nitrogens with one attached hydrogen (secondary N) is 1. The van der Waals surface area contributed by atoms with Crippen LogP contribution < -0.4 is 0 Å². The van der Waals surface area contributed by atoms with Crippen molar-refractivity contribution in [2.24, 2.45) is 5.92 Å². The summed E-state index contributed by atoms with van der Waals surface area (Å²) < 4.78 is 17.1. The van der Waals surface area contributed by atoms with E-state index in [1.807, 2.05) is 0 Å². The minimum Gasteiger partial charge on any atom is -0.331 e. The van der Waals surface area contributed by atoms with Gasteiger partial charge in [0.05, 0.1) is 15.5 Å². The van der Waals surface area contributed by atoms with Crippen LogP contribution in [0, 0.1) is 16.5 Å². The fourth-order valence-corrected chi connectivity index (χ4v) is 3.86. The van der Waals surface area contributed by atoms with Crippen LogP contribution in [0.1, 0.15) is 19.4 Å². The van der Waals surface area contributed by atoms with Gasteiger partial charge in [-0.1, -0.05) is 6.92 Å². The Bertz CT molecular complexity index is 708. The van der Waals surface area contributed by atoms with Crippen LogP contribution in [0.5, 0.6) is 0 Å². The fourth-order valence-electron chi connectivity index (χ4n) is 3.18. The number of aromatic nitrogens is 2. The van der Waals surface area contributed by atoms with Crippen LogP contribution in [0.3, 0.4) is 0 Å². The van der Waals surface area contributed by atoms with E-state index in [1.54, 1.807) is 12.1 Å². The number of piperidine rings is 1. The zero-order chi connectivity index (χ0) is 14.4. The van der Waals surface area contributed by atoms with Crippen molar-refractivity contribution < 1.29 is 4.39 Å². The van der Waals surface area contributed by atoms with Gasteiger partial charge in [0.1, 0.15) is 5.82 Å². The molecule has 1 aromatic heterocycles. The number of H-pyrrole nitrogens is 1. The predicted octanol–water partition coefficient (Wildman–Crippen LogP) is 4.11. The van der Waals surface area contributed by atoms with E-state index in [0.717, 1.165) is 30.5 Å². The maximum atomic E-state index is 13.8. The monoisotopic (exact) mass is 357 g/mol. The normalized spacial score (nSPS) is 24.4. The number of hydrogen-bond donors (Lipinski definition) is 1. The van der Waals surface area contributed by atoms with Crippen molar-refractivity contribution in [1.29, 1.82) is 0 Å². The highest BCUT2D eigenvalue weighted by Crippen LogP contribution is 2.32. The number of hydrogen-bond acceptors (Lipinski definition) is 2. The molecule has 3 rings (SSSR count). The second-order valence-corrected chi connectivity index (χ2v) is 6.92. The maximum Gasteiger partial charge on any atom is 0.178 e. The van der Waals surface area contributed by atoms with E-state index >= 15 is 0 Å². The van der Waals surface area contributed by atoms with Gasteiger partial charge in [0.2, 0.25) is 0 Å². The Hall–Kier alpha value is -0.720. The van der Waals surface area contributed by atoms with Gasteiger partial charge < -0.3 is 14.5 Å². The Kier molecular flexibility index (Phi) is 3.73. The summed E-state index contributed by atoms with van der Waals surface area (Å²) in [5.74, 6) is 0.243. The van der Waals surface area contributed by atoms with E-state index < -0.39 is 0 Å². The smallest absolute Gasteiger partial charge is 0.178 e. The van der Waals surface area contributed by atoms with Gasteiger partial charge in [0.15, 0.2) is 4.77 Å². The molecule has 2 atom stereocenters. The number of imidazole rings is 1. The third-order valence-electron chi connectivity index (χ3n) is 4.15. The Balaban J connectivity index is 2.13. The molecule has 0 spiro atoms. The van der Waals surface area contributed by atoms with Crippen molar-refractivity contribution >= 4 is 39.2 Å².